The van der Waals surface area contributed by atoms with Crippen molar-refractivity contribution >= 4 is 0 Å². The van der Waals surface area contributed by atoms with Crippen LogP contribution in [-0.4, -0.2) is 12.4 Å². The van der Waals surface area contributed by atoms with Crippen molar-refractivity contribution in [2.24, 2.45) is 0 Å². The van der Waals surface area contributed by atoms with E-state index in [1.165, 1.54) is 0 Å². The van der Waals surface area contributed by atoms with Crippen molar-refractivity contribution in [3.8, 4) is 0 Å². The van der Waals surface area contributed by atoms with E-state index in [-0.39, 0.29) is 17.5 Å². The van der Waals surface area contributed by atoms with Gasteiger partial charge in [-0.05, 0) is 42.9 Å². The number of fused-ring (bicyclic) bond motifs is 1. The molecule has 0 aromatic heterocycles. The highest BCUT2D eigenvalue weighted by Gasteiger charge is 2.74. The molecule has 1 radical (unpaired) electrons. The van der Waals surface area contributed by atoms with Crippen LogP contribution >= 0.6 is 0 Å². The molecule has 20 heavy (non-hydrogen) atoms. The second-order valence-electron chi connectivity index (χ2n) is 4.71. The molecule has 0 unspecified atom stereocenters. The van der Waals surface area contributed by atoms with E-state index in [1.807, 2.05) is 0 Å². The fourth-order valence-corrected chi connectivity index (χ4v) is 2.48. The summed E-state index contributed by atoms with van der Waals surface area (Å²) < 4.78 is 90.6. The molecular weight excluding hydrogens is 289 g/mol. The first-order chi connectivity index (χ1) is 9.09. The molecule has 7 heteroatoms. The van der Waals surface area contributed by atoms with E-state index >= 15 is 0 Å². The molecule has 0 N–H and O–H groups in total. The van der Waals surface area contributed by atoms with Gasteiger partial charge in [0.05, 0.1) is 0 Å². The minimum Gasteiger partial charge on any atom is -0.218 e. The lowest BCUT2D eigenvalue weighted by atomic mass is 9.81. The highest BCUT2D eigenvalue weighted by molar-refractivity contribution is 5.41. The summed E-state index contributed by atoms with van der Waals surface area (Å²) in [4.78, 5) is 0. The molecule has 1 aliphatic carbocycles. The van der Waals surface area contributed by atoms with E-state index in [4.69, 9.17) is 0 Å². The number of rotatable bonds is 1. The van der Waals surface area contributed by atoms with Crippen LogP contribution in [0.4, 0.5) is 30.7 Å². The Labute approximate surface area is 110 Å². The molecular formula is C13H10F7. The Morgan fingerprint density at radius 2 is 1.40 bits per heavy atom. The lowest BCUT2D eigenvalue weighted by Crippen LogP contribution is -2.51. The van der Waals surface area contributed by atoms with Gasteiger partial charge in [0.1, 0.15) is 0 Å². The van der Waals surface area contributed by atoms with Crippen molar-refractivity contribution in [1.82, 2.24) is 0 Å². The van der Waals surface area contributed by atoms with E-state index in [2.05, 4.69) is 6.07 Å². The number of hydrogen-bond donors (Lipinski definition) is 0. The van der Waals surface area contributed by atoms with E-state index in [0.717, 1.165) is 6.07 Å². The second-order valence-corrected chi connectivity index (χ2v) is 4.71. The van der Waals surface area contributed by atoms with Gasteiger partial charge in [0, 0.05) is 5.56 Å². The molecule has 0 heterocycles. The van der Waals surface area contributed by atoms with Gasteiger partial charge in [0.2, 0.25) is 0 Å². The summed E-state index contributed by atoms with van der Waals surface area (Å²) in [5.74, 6) is 0. The minimum absolute atomic E-state index is 0.000162. The first-order valence-electron chi connectivity index (χ1n) is 5.94. The number of halogens is 7. The molecule has 1 aliphatic rings. The fraction of sp³-hybridized carbons (Fsp3) is 0.538. The van der Waals surface area contributed by atoms with Crippen LogP contribution < -0.4 is 0 Å². The first kappa shape index (κ1) is 15.1. The zero-order chi connectivity index (χ0) is 15.2. The maximum atomic E-state index is 14.1. The Balaban J connectivity index is 2.68. The lowest BCUT2D eigenvalue weighted by Gasteiger charge is -2.33. The van der Waals surface area contributed by atoms with E-state index in [1.54, 1.807) is 0 Å². The van der Waals surface area contributed by atoms with E-state index < -0.39 is 23.6 Å². The van der Waals surface area contributed by atoms with Crippen LogP contribution in [0.1, 0.15) is 29.5 Å². The van der Waals surface area contributed by atoms with Crippen LogP contribution in [-0.2, 0) is 18.5 Å². The molecule has 0 spiro atoms. The first-order valence-corrected chi connectivity index (χ1v) is 5.94. The lowest BCUT2D eigenvalue weighted by molar-refractivity contribution is -0.348. The number of benzene rings is 1. The smallest absolute Gasteiger partial charge is 0.218 e. The zero-order valence-corrected chi connectivity index (χ0v) is 10.1. The number of alkyl halides is 7. The molecule has 0 saturated carbocycles. The summed E-state index contributed by atoms with van der Waals surface area (Å²) in [5.41, 5.74) is -6.65. The van der Waals surface area contributed by atoms with E-state index in [9.17, 15) is 30.7 Å². The van der Waals surface area contributed by atoms with Crippen LogP contribution in [0, 0.1) is 6.07 Å². The summed E-state index contributed by atoms with van der Waals surface area (Å²) in [6.45, 7) is 0. The molecule has 2 rings (SSSR count). The van der Waals surface area contributed by atoms with Gasteiger partial charge in [-0.1, -0.05) is 12.1 Å². The topological polar surface area (TPSA) is 0 Å². The summed E-state index contributed by atoms with van der Waals surface area (Å²) in [6.07, 6.45) is -10.7. The second kappa shape index (κ2) is 4.63. The molecule has 1 aromatic rings. The largest absolute Gasteiger partial charge is 0.435 e. The summed E-state index contributed by atoms with van der Waals surface area (Å²) in [7, 11) is 0. The standard InChI is InChI=1S/C13H10F7/c14-11(12(15,16)17,13(18,19)20)10-7-3-5-8-4-1-2-6-9(8)10/h3,7H,1-2,4,6H2. The van der Waals surface area contributed by atoms with Crippen LogP contribution in [0.5, 0.6) is 0 Å². The Morgan fingerprint density at radius 3 is 1.95 bits per heavy atom. The number of aryl methyl sites for hydroxylation is 1. The van der Waals surface area contributed by atoms with Gasteiger partial charge < -0.3 is 0 Å². The SMILES string of the molecule is FC(F)(F)C(F)(c1cc[c]c2c1CCCC2)C(F)(F)F. The van der Waals surface area contributed by atoms with Gasteiger partial charge in [-0.2, -0.15) is 26.3 Å². The maximum absolute atomic E-state index is 14.1. The van der Waals surface area contributed by atoms with Crippen LogP contribution in [0.2, 0.25) is 0 Å². The Bertz CT molecular complexity index is 484. The van der Waals surface area contributed by atoms with Gasteiger partial charge >= 0.3 is 18.0 Å². The Kier molecular flexibility index (Phi) is 3.50. The summed E-state index contributed by atoms with van der Waals surface area (Å²) >= 11 is 0. The van der Waals surface area contributed by atoms with Gasteiger partial charge in [0.25, 0.3) is 0 Å². The fourth-order valence-electron chi connectivity index (χ4n) is 2.48. The van der Waals surface area contributed by atoms with Gasteiger partial charge in [-0.15, -0.1) is 0 Å². The molecule has 1 aromatic carbocycles. The van der Waals surface area contributed by atoms with E-state index in [0.29, 0.717) is 25.3 Å². The van der Waals surface area contributed by atoms with Crippen molar-refractivity contribution in [1.29, 1.82) is 0 Å². The average molecular weight is 299 g/mol. The van der Waals surface area contributed by atoms with Crippen molar-refractivity contribution in [3.63, 3.8) is 0 Å². The highest BCUT2D eigenvalue weighted by atomic mass is 19.4. The third-order valence-electron chi connectivity index (χ3n) is 3.45. The quantitative estimate of drug-likeness (QED) is 0.662. The molecule has 0 bridgehead atoms. The molecule has 0 atom stereocenters. The zero-order valence-electron chi connectivity index (χ0n) is 10.1. The monoisotopic (exact) mass is 299 g/mol. The van der Waals surface area contributed by atoms with Crippen molar-refractivity contribution in [3.05, 3.63) is 34.9 Å². The third-order valence-corrected chi connectivity index (χ3v) is 3.45. The Morgan fingerprint density at radius 1 is 0.850 bits per heavy atom. The van der Waals surface area contributed by atoms with Crippen LogP contribution in [0.15, 0.2) is 12.1 Å². The van der Waals surface area contributed by atoms with Gasteiger partial charge in [0.15, 0.2) is 0 Å². The Hall–Kier alpha value is -1.27. The molecule has 111 valence electrons. The summed E-state index contributed by atoms with van der Waals surface area (Å²) in [6, 6.07) is 4.06. The summed E-state index contributed by atoms with van der Waals surface area (Å²) in [5, 5.41) is 0. The normalized spacial score (nSPS) is 16.9. The number of hydrogen-bond acceptors (Lipinski definition) is 0. The van der Waals surface area contributed by atoms with Crippen LogP contribution in [0.3, 0.4) is 0 Å². The predicted molar refractivity (Wildman–Crippen MR) is 56.8 cm³/mol. The van der Waals surface area contributed by atoms with Crippen molar-refractivity contribution < 1.29 is 30.7 Å². The minimum atomic E-state index is -6.06. The molecule has 0 fully saturated rings. The molecule has 0 amide bonds. The molecule has 0 nitrogen and oxygen atoms in total. The van der Waals surface area contributed by atoms with Gasteiger partial charge in [-0.25, -0.2) is 4.39 Å². The third kappa shape index (κ3) is 2.16. The van der Waals surface area contributed by atoms with Gasteiger partial charge in [-0.3, -0.25) is 0 Å². The molecule has 0 aliphatic heterocycles. The molecule has 0 saturated heterocycles. The maximum Gasteiger partial charge on any atom is 0.435 e. The highest BCUT2D eigenvalue weighted by Crippen LogP contribution is 2.54. The van der Waals surface area contributed by atoms with Crippen molar-refractivity contribution in [2.45, 2.75) is 43.7 Å². The van der Waals surface area contributed by atoms with Crippen LogP contribution in [0.25, 0.3) is 0 Å². The predicted octanol–water partition coefficient (Wildman–Crippen LogP) is 4.65. The average Bonchev–Trinajstić information content (AvgIpc) is 2.34. The van der Waals surface area contributed by atoms with Crippen molar-refractivity contribution in [2.75, 3.05) is 0 Å².